The second-order valence-corrected chi connectivity index (χ2v) is 7.90. The number of carbonyl (C=O) groups excluding carboxylic acids is 2. The summed E-state index contributed by atoms with van der Waals surface area (Å²) in [5.74, 6) is 0.682. The van der Waals surface area contributed by atoms with Gasteiger partial charge in [-0.3, -0.25) is 9.69 Å². The summed E-state index contributed by atoms with van der Waals surface area (Å²) in [5, 5.41) is 4.13. The van der Waals surface area contributed by atoms with Gasteiger partial charge in [0.2, 0.25) is 11.7 Å². The van der Waals surface area contributed by atoms with Crippen LogP contribution in [0.2, 0.25) is 0 Å². The van der Waals surface area contributed by atoms with E-state index in [-0.39, 0.29) is 11.9 Å². The maximum atomic E-state index is 12.8. The molecule has 4 rings (SSSR count). The predicted molar refractivity (Wildman–Crippen MR) is 118 cm³/mol. The molecule has 1 saturated heterocycles. The average Bonchev–Trinajstić information content (AvgIpc) is 3.33. The first-order chi connectivity index (χ1) is 15.5. The van der Waals surface area contributed by atoms with Gasteiger partial charge in [-0.2, -0.15) is 4.98 Å². The van der Waals surface area contributed by atoms with Gasteiger partial charge in [0.15, 0.2) is 0 Å². The van der Waals surface area contributed by atoms with E-state index in [9.17, 15) is 9.59 Å². The molecule has 32 heavy (non-hydrogen) atoms. The number of hydrogen-bond donors (Lipinski definition) is 0. The Kier molecular flexibility index (Phi) is 6.32. The second-order valence-electron chi connectivity index (χ2n) is 7.90. The Hall–Kier alpha value is -3.52. The first-order valence-electron chi connectivity index (χ1n) is 10.6. The summed E-state index contributed by atoms with van der Waals surface area (Å²) >= 11 is 0. The van der Waals surface area contributed by atoms with Crippen LogP contribution in [0.1, 0.15) is 45.1 Å². The lowest BCUT2D eigenvalue weighted by molar-refractivity contribution is 0.0549. The summed E-state index contributed by atoms with van der Waals surface area (Å²) in [5.41, 5.74) is 3.08. The van der Waals surface area contributed by atoms with Crippen molar-refractivity contribution in [3.63, 3.8) is 0 Å². The highest BCUT2D eigenvalue weighted by Gasteiger charge is 2.28. The average molecular weight is 434 g/mol. The molecular formula is C24H26N4O4. The van der Waals surface area contributed by atoms with E-state index in [0.29, 0.717) is 49.0 Å². The smallest absolute Gasteiger partial charge is 0.337 e. The van der Waals surface area contributed by atoms with Gasteiger partial charge < -0.3 is 14.2 Å². The molecule has 0 spiro atoms. The van der Waals surface area contributed by atoms with Crippen LogP contribution in [-0.4, -0.2) is 65.1 Å². The van der Waals surface area contributed by atoms with Crippen LogP contribution in [0.15, 0.2) is 53.1 Å². The number of esters is 1. The Morgan fingerprint density at radius 3 is 2.22 bits per heavy atom. The van der Waals surface area contributed by atoms with Crippen molar-refractivity contribution in [3.8, 4) is 11.4 Å². The largest absolute Gasteiger partial charge is 0.465 e. The molecule has 8 heteroatoms. The highest BCUT2D eigenvalue weighted by Crippen LogP contribution is 2.24. The zero-order valence-electron chi connectivity index (χ0n) is 18.4. The van der Waals surface area contributed by atoms with Crippen LogP contribution in [-0.2, 0) is 4.74 Å². The van der Waals surface area contributed by atoms with Crippen molar-refractivity contribution in [2.45, 2.75) is 19.9 Å². The molecule has 0 radical (unpaired) electrons. The van der Waals surface area contributed by atoms with Gasteiger partial charge >= 0.3 is 5.97 Å². The molecule has 0 aliphatic carbocycles. The van der Waals surface area contributed by atoms with E-state index in [1.807, 2.05) is 43.0 Å². The molecule has 3 aromatic rings. The number of piperazine rings is 1. The maximum absolute atomic E-state index is 12.8. The van der Waals surface area contributed by atoms with E-state index in [1.54, 1.807) is 24.3 Å². The zero-order chi connectivity index (χ0) is 22.7. The number of hydrogen-bond acceptors (Lipinski definition) is 7. The molecule has 1 unspecified atom stereocenters. The number of ether oxygens (including phenoxy) is 1. The number of aromatic nitrogens is 2. The Balaban J connectivity index is 1.35. The summed E-state index contributed by atoms with van der Waals surface area (Å²) in [6, 6.07) is 14.5. The van der Waals surface area contributed by atoms with E-state index in [0.717, 1.165) is 5.56 Å². The lowest BCUT2D eigenvalue weighted by atomic mass is 10.1. The topological polar surface area (TPSA) is 88.8 Å². The number of nitrogens with zero attached hydrogens (tertiary/aromatic N) is 4. The summed E-state index contributed by atoms with van der Waals surface area (Å²) in [6.07, 6.45) is 0. The van der Waals surface area contributed by atoms with Crippen LogP contribution in [0, 0.1) is 6.92 Å². The fourth-order valence-electron chi connectivity index (χ4n) is 3.74. The molecule has 1 atom stereocenters. The Morgan fingerprint density at radius 1 is 0.969 bits per heavy atom. The zero-order valence-corrected chi connectivity index (χ0v) is 18.4. The molecule has 1 aliphatic heterocycles. The van der Waals surface area contributed by atoms with Gasteiger partial charge in [0.05, 0.1) is 18.7 Å². The van der Waals surface area contributed by atoms with E-state index >= 15 is 0 Å². The van der Waals surface area contributed by atoms with Gasteiger partial charge in [-0.15, -0.1) is 0 Å². The normalized spacial score (nSPS) is 15.4. The molecule has 0 N–H and O–H groups in total. The number of rotatable bonds is 5. The van der Waals surface area contributed by atoms with Crippen LogP contribution in [0.5, 0.6) is 0 Å². The number of carbonyl (C=O) groups is 2. The summed E-state index contributed by atoms with van der Waals surface area (Å²) < 4.78 is 10.2. The fraction of sp³-hybridized carbons (Fsp3) is 0.333. The first kappa shape index (κ1) is 21.7. The lowest BCUT2D eigenvalue weighted by Gasteiger charge is -2.36. The molecule has 1 amide bonds. The molecular weight excluding hydrogens is 408 g/mol. The first-order valence-corrected chi connectivity index (χ1v) is 10.6. The van der Waals surface area contributed by atoms with Gasteiger partial charge in [-0.05, 0) is 38.1 Å². The quantitative estimate of drug-likeness (QED) is 0.569. The summed E-state index contributed by atoms with van der Waals surface area (Å²) in [7, 11) is 1.33. The van der Waals surface area contributed by atoms with Gasteiger partial charge in [0, 0.05) is 37.3 Å². The van der Waals surface area contributed by atoms with Gasteiger partial charge in [-0.25, -0.2) is 4.79 Å². The van der Waals surface area contributed by atoms with E-state index < -0.39 is 5.97 Å². The Morgan fingerprint density at radius 2 is 1.59 bits per heavy atom. The summed E-state index contributed by atoms with van der Waals surface area (Å²) in [6.45, 7) is 6.68. The minimum Gasteiger partial charge on any atom is -0.465 e. The van der Waals surface area contributed by atoms with Crippen LogP contribution >= 0.6 is 0 Å². The fourth-order valence-corrected chi connectivity index (χ4v) is 3.74. The number of aryl methyl sites for hydroxylation is 1. The van der Waals surface area contributed by atoms with Gasteiger partial charge in [0.25, 0.3) is 5.91 Å². The molecule has 0 saturated carbocycles. The van der Waals surface area contributed by atoms with Crippen molar-refractivity contribution in [3.05, 3.63) is 71.1 Å². The monoisotopic (exact) mass is 434 g/mol. The van der Waals surface area contributed by atoms with Gasteiger partial charge in [-0.1, -0.05) is 35.0 Å². The van der Waals surface area contributed by atoms with Crippen molar-refractivity contribution in [1.82, 2.24) is 19.9 Å². The predicted octanol–water partition coefficient (Wildman–Crippen LogP) is 3.35. The van der Waals surface area contributed by atoms with E-state index in [1.165, 1.54) is 12.7 Å². The molecule has 1 aromatic heterocycles. The van der Waals surface area contributed by atoms with E-state index in [2.05, 4.69) is 15.0 Å². The Labute approximate surface area is 186 Å². The maximum Gasteiger partial charge on any atom is 0.337 e. The third-order valence-electron chi connectivity index (χ3n) is 5.81. The molecule has 2 aromatic carbocycles. The van der Waals surface area contributed by atoms with Gasteiger partial charge in [0.1, 0.15) is 0 Å². The van der Waals surface area contributed by atoms with Crippen LogP contribution in [0.3, 0.4) is 0 Å². The van der Waals surface area contributed by atoms with Crippen molar-refractivity contribution < 1.29 is 18.8 Å². The van der Waals surface area contributed by atoms with Crippen LogP contribution < -0.4 is 0 Å². The standard InChI is InChI=1S/C24H26N4O4/c1-16-4-6-18(7-5-16)21-25-22(32-26-21)17(2)27-12-14-28(15-13-27)23(29)19-8-10-20(11-9-19)24(30)31-3/h4-11,17H,12-15H2,1-3H3. The third-order valence-corrected chi connectivity index (χ3v) is 5.81. The minimum absolute atomic E-state index is 0.0432. The van der Waals surface area contributed by atoms with Crippen molar-refractivity contribution in [1.29, 1.82) is 0 Å². The second kappa shape index (κ2) is 9.32. The highest BCUT2D eigenvalue weighted by molar-refractivity contribution is 5.96. The van der Waals surface area contributed by atoms with Crippen molar-refractivity contribution >= 4 is 11.9 Å². The number of amides is 1. The molecule has 0 bridgehead atoms. The third kappa shape index (κ3) is 4.55. The van der Waals surface area contributed by atoms with Crippen molar-refractivity contribution in [2.75, 3.05) is 33.3 Å². The van der Waals surface area contributed by atoms with Crippen LogP contribution in [0.4, 0.5) is 0 Å². The lowest BCUT2D eigenvalue weighted by Crippen LogP contribution is -2.49. The molecule has 2 heterocycles. The molecule has 1 aliphatic rings. The number of methoxy groups -OCH3 is 1. The summed E-state index contributed by atoms with van der Waals surface area (Å²) in [4.78, 5) is 33.0. The van der Waals surface area contributed by atoms with Crippen molar-refractivity contribution in [2.24, 2.45) is 0 Å². The van der Waals surface area contributed by atoms with Crippen LogP contribution in [0.25, 0.3) is 11.4 Å². The molecule has 1 fully saturated rings. The minimum atomic E-state index is -0.418. The Bertz CT molecular complexity index is 1080. The molecule has 166 valence electrons. The highest BCUT2D eigenvalue weighted by atomic mass is 16.5. The molecule has 8 nitrogen and oxygen atoms in total. The number of benzene rings is 2. The van der Waals surface area contributed by atoms with E-state index in [4.69, 9.17) is 9.26 Å². The SMILES string of the molecule is COC(=O)c1ccc(C(=O)N2CCN(C(C)c3nc(-c4ccc(C)cc4)no3)CC2)cc1.